The van der Waals surface area contributed by atoms with Crippen molar-refractivity contribution in [2.75, 3.05) is 11.9 Å². The number of anilines is 1. The maximum atomic E-state index is 11.9. The van der Waals surface area contributed by atoms with Gasteiger partial charge in [0.05, 0.1) is 3.92 Å². The lowest BCUT2D eigenvalue weighted by Gasteiger charge is -2.18. The first-order valence-corrected chi connectivity index (χ1v) is 6.42. The van der Waals surface area contributed by atoms with E-state index in [0.29, 0.717) is 0 Å². The number of alkyl halides is 1. The SMILES string of the molecule is CN1C(=O)C(I)CCc2cc(Cl)ccc21. The zero-order valence-corrected chi connectivity index (χ0v) is 11.2. The van der Waals surface area contributed by atoms with E-state index < -0.39 is 0 Å². The van der Waals surface area contributed by atoms with Gasteiger partial charge in [0.1, 0.15) is 0 Å². The number of aryl methyl sites for hydroxylation is 1. The summed E-state index contributed by atoms with van der Waals surface area (Å²) in [6.45, 7) is 0. The van der Waals surface area contributed by atoms with E-state index in [9.17, 15) is 4.79 Å². The van der Waals surface area contributed by atoms with Gasteiger partial charge in [-0.3, -0.25) is 4.79 Å². The lowest BCUT2D eigenvalue weighted by Crippen LogP contribution is -2.31. The smallest absolute Gasteiger partial charge is 0.239 e. The van der Waals surface area contributed by atoms with Crippen LogP contribution in [0.1, 0.15) is 12.0 Å². The highest BCUT2D eigenvalue weighted by molar-refractivity contribution is 14.1. The Hall–Kier alpha value is -0.290. The van der Waals surface area contributed by atoms with Crippen LogP contribution in [-0.2, 0) is 11.2 Å². The number of nitrogens with zero attached hydrogens (tertiary/aromatic N) is 1. The normalized spacial score (nSPS) is 21.1. The molecule has 0 saturated heterocycles. The number of carbonyl (C=O) groups is 1. The van der Waals surface area contributed by atoms with Crippen molar-refractivity contribution in [3.63, 3.8) is 0 Å². The Morgan fingerprint density at radius 1 is 1.53 bits per heavy atom. The molecule has 15 heavy (non-hydrogen) atoms. The average Bonchev–Trinajstić information content (AvgIpc) is 2.32. The fraction of sp³-hybridized carbons (Fsp3) is 0.364. The molecule has 80 valence electrons. The minimum atomic E-state index is 0.0683. The van der Waals surface area contributed by atoms with Crippen molar-refractivity contribution < 1.29 is 4.79 Å². The summed E-state index contributed by atoms with van der Waals surface area (Å²) >= 11 is 8.15. The van der Waals surface area contributed by atoms with Gasteiger partial charge in [-0.1, -0.05) is 34.2 Å². The van der Waals surface area contributed by atoms with Gasteiger partial charge in [0, 0.05) is 17.8 Å². The van der Waals surface area contributed by atoms with E-state index in [-0.39, 0.29) is 9.83 Å². The molecule has 1 atom stereocenters. The third-order valence-corrected chi connectivity index (χ3v) is 4.06. The van der Waals surface area contributed by atoms with Crippen molar-refractivity contribution >= 4 is 45.8 Å². The Bertz CT molecular complexity index is 408. The number of fused-ring (bicyclic) bond motifs is 1. The van der Waals surface area contributed by atoms with E-state index in [2.05, 4.69) is 22.6 Å². The molecule has 0 bridgehead atoms. The Kier molecular flexibility index (Phi) is 3.21. The molecule has 1 amide bonds. The number of rotatable bonds is 0. The molecule has 1 aliphatic rings. The Morgan fingerprint density at radius 3 is 3.00 bits per heavy atom. The molecule has 1 aromatic carbocycles. The average molecular weight is 336 g/mol. The van der Waals surface area contributed by atoms with E-state index in [1.807, 2.05) is 25.2 Å². The van der Waals surface area contributed by atoms with Gasteiger partial charge < -0.3 is 4.90 Å². The van der Waals surface area contributed by atoms with Crippen LogP contribution in [0.25, 0.3) is 0 Å². The maximum Gasteiger partial charge on any atom is 0.239 e. The standard InChI is InChI=1S/C11H11ClINO/c1-14-10-5-3-8(12)6-7(10)2-4-9(13)11(14)15/h3,5-6,9H,2,4H2,1H3. The van der Waals surface area contributed by atoms with E-state index in [1.165, 1.54) is 0 Å². The van der Waals surface area contributed by atoms with Crippen molar-refractivity contribution in [2.45, 2.75) is 16.8 Å². The number of halogens is 2. The van der Waals surface area contributed by atoms with E-state index in [1.54, 1.807) is 4.90 Å². The highest BCUT2D eigenvalue weighted by Crippen LogP contribution is 2.30. The van der Waals surface area contributed by atoms with Crippen LogP contribution in [0.2, 0.25) is 5.02 Å². The molecule has 1 aromatic rings. The number of benzene rings is 1. The molecule has 0 radical (unpaired) electrons. The molecule has 4 heteroatoms. The van der Waals surface area contributed by atoms with Crippen molar-refractivity contribution in [1.29, 1.82) is 0 Å². The summed E-state index contributed by atoms with van der Waals surface area (Å²) < 4.78 is 0.0683. The number of hydrogen-bond donors (Lipinski definition) is 0. The lowest BCUT2D eigenvalue weighted by molar-refractivity contribution is -0.117. The predicted octanol–water partition coefficient (Wildman–Crippen LogP) is 3.05. The van der Waals surface area contributed by atoms with Gasteiger partial charge in [-0.05, 0) is 36.6 Å². The van der Waals surface area contributed by atoms with Gasteiger partial charge in [0.15, 0.2) is 0 Å². The van der Waals surface area contributed by atoms with Crippen LogP contribution >= 0.6 is 34.2 Å². The molecule has 1 heterocycles. The van der Waals surface area contributed by atoms with E-state index >= 15 is 0 Å². The molecule has 1 unspecified atom stereocenters. The lowest BCUT2D eigenvalue weighted by atomic mass is 10.1. The molecular weight excluding hydrogens is 324 g/mol. The van der Waals surface area contributed by atoms with Crippen LogP contribution < -0.4 is 4.90 Å². The number of carbonyl (C=O) groups excluding carboxylic acids is 1. The summed E-state index contributed by atoms with van der Waals surface area (Å²) in [4.78, 5) is 13.6. The molecule has 2 rings (SSSR count). The zero-order chi connectivity index (χ0) is 11.0. The molecule has 2 nitrogen and oxygen atoms in total. The minimum absolute atomic E-state index is 0.0683. The summed E-state index contributed by atoms with van der Waals surface area (Å²) in [5.41, 5.74) is 2.15. The second-order valence-electron chi connectivity index (χ2n) is 3.68. The van der Waals surface area contributed by atoms with Gasteiger partial charge in [0.25, 0.3) is 0 Å². The summed E-state index contributed by atoms with van der Waals surface area (Å²) in [5.74, 6) is 0.177. The second kappa shape index (κ2) is 4.29. The topological polar surface area (TPSA) is 20.3 Å². The summed E-state index contributed by atoms with van der Waals surface area (Å²) in [6.07, 6.45) is 1.80. The van der Waals surface area contributed by atoms with Gasteiger partial charge >= 0.3 is 0 Å². The van der Waals surface area contributed by atoms with Gasteiger partial charge in [-0.15, -0.1) is 0 Å². The van der Waals surface area contributed by atoms with Crippen molar-refractivity contribution in [1.82, 2.24) is 0 Å². The molecule has 0 spiro atoms. The van der Waals surface area contributed by atoms with Crippen molar-refractivity contribution in [3.8, 4) is 0 Å². The quantitative estimate of drug-likeness (QED) is 0.527. The van der Waals surface area contributed by atoms with Gasteiger partial charge in [0.2, 0.25) is 5.91 Å². The number of hydrogen-bond acceptors (Lipinski definition) is 1. The monoisotopic (exact) mass is 335 g/mol. The molecule has 0 aromatic heterocycles. The summed E-state index contributed by atoms with van der Waals surface area (Å²) in [6, 6.07) is 5.71. The zero-order valence-electron chi connectivity index (χ0n) is 8.34. The fourth-order valence-electron chi connectivity index (χ4n) is 1.82. The number of amides is 1. The van der Waals surface area contributed by atoms with Crippen LogP contribution in [-0.4, -0.2) is 16.9 Å². The van der Waals surface area contributed by atoms with Crippen LogP contribution in [0.4, 0.5) is 5.69 Å². The summed E-state index contributed by atoms with van der Waals surface area (Å²) in [5, 5.41) is 0.738. The largest absolute Gasteiger partial charge is 0.314 e. The molecule has 0 saturated carbocycles. The van der Waals surface area contributed by atoms with Gasteiger partial charge in [-0.2, -0.15) is 0 Å². The predicted molar refractivity (Wildman–Crippen MR) is 71.0 cm³/mol. The minimum Gasteiger partial charge on any atom is -0.314 e. The first-order valence-electron chi connectivity index (χ1n) is 4.79. The van der Waals surface area contributed by atoms with Crippen molar-refractivity contribution in [3.05, 3.63) is 28.8 Å². The third kappa shape index (κ3) is 2.13. The Labute approximate surface area is 108 Å². The van der Waals surface area contributed by atoms with E-state index in [4.69, 9.17) is 11.6 Å². The second-order valence-corrected chi connectivity index (χ2v) is 5.62. The van der Waals surface area contributed by atoms with Crippen LogP contribution in [0, 0.1) is 0 Å². The van der Waals surface area contributed by atoms with E-state index in [0.717, 1.165) is 29.1 Å². The highest BCUT2D eigenvalue weighted by Gasteiger charge is 2.25. The molecule has 0 aliphatic carbocycles. The van der Waals surface area contributed by atoms with Crippen molar-refractivity contribution in [2.24, 2.45) is 0 Å². The first kappa shape index (κ1) is 11.2. The fourth-order valence-corrected chi connectivity index (χ4v) is 2.74. The third-order valence-electron chi connectivity index (χ3n) is 2.67. The Balaban J connectivity index is 2.47. The van der Waals surface area contributed by atoms with Crippen LogP contribution in [0.15, 0.2) is 18.2 Å². The summed E-state index contributed by atoms with van der Waals surface area (Å²) in [7, 11) is 1.83. The Morgan fingerprint density at radius 2 is 2.27 bits per heavy atom. The molecule has 0 fully saturated rings. The van der Waals surface area contributed by atoms with Gasteiger partial charge in [-0.25, -0.2) is 0 Å². The molecule has 0 N–H and O–H groups in total. The van der Waals surface area contributed by atoms with Crippen LogP contribution in [0.5, 0.6) is 0 Å². The molecular formula is C11H11ClINO. The first-order chi connectivity index (χ1) is 7.09. The van der Waals surface area contributed by atoms with Crippen LogP contribution in [0.3, 0.4) is 0 Å². The maximum absolute atomic E-state index is 11.9. The molecule has 1 aliphatic heterocycles. The highest BCUT2D eigenvalue weighted by atomic mass is 127.